The summed E-state index contributed by atoms with van der Waals surface area (Å²) < 4.78 is 5.71. The summed E-state index contributed by atoms with van der Waals surface area (Å²) >= 11 is 0. The van der Waals surface area contributed by atoms with Crippen molar-refractivity contribution in [1.29, 1.82) is 0 Å². The molecule has 1 atom stereocenters. The molecule has 1 saturated heterocycles. The van der Waals surface area contributed by atoms with E-state index in [0.29, 0.717) is 13.1 Å². The third-order valence-electron chi connectivity index (χ3n) is 7.25. The lowest BCUT2D eigenvalue weighted by molar-refractivity contribution is -0.137. The van der Waals surface area contributed by atoms with Crippen LogP contribution in [0.4, 0.5) is 11.4 Å². The monoisotopic (exact) mass is 494 g/mol. The predicted molar refractivity (Wildman–Crippen MR) is 147 cm³/mol. The first kappa shape index (κ1) is 27.5. The molecule has 2 amide bonds. The van der Waals surface area contributed by atoms with Crippen LogP contribution >= 0.6 is 0 Å². The highest BCUT2D eigenvalue weighted by atomic mass is 16.5. The number of carbonyl (C=O) groups excluding carboxylic acids is 2. The van der Waals surface area contributed by atoms with Gasteiger partial charge in [0.25, 0.3) is 0 Å². The molecule has 7 heteroatoms. The molecule has 1 N–H and O–H groups in total. The zero-order valence-corrected chi connectivity index (χ0v) is 22.5. The number of hydrogen-bond acceptors (Lipinski definition) is 5. The van der Waals surface area contributed by atoms with Crippen LogP contribution in [0.5, 0.6) is 5.75 Å². The van der Waals surface area contributed by atoms with Crippen LogP contribution in [0.1, 0.15) is 52.1 Å². The molecule has 196 valence electrons. The van der Waals surface area contributed by atoms with Crippen molar-refractivity contribution in [1.82, 2.24) is 9.80 Å². The Morgan fingerprint density at radius 1 is 0.944 bits per heavy atom. The number of nitrogens with one attached hydrogen (secondary N) is 1. The molecule has 0 aliphatic carbocycles. The van der Waals surface area contributed by atoms with Crippen LogP contribution < -0.4 is 15.0 Å². The summed E-state index contributed by atoms with van der Waals surface area (Å²) in [5.74, 6) is 0.966. The number of methoxy groups -OCH3 is 1. The Kier molecular flexibility index (Phi) is 10.2. The molecule has 0 spiro atoms. The first-order valence-electron chi connectivity index (χ1n) is 13.3. The zero-order chi connectivity index (χ0) is 26.1. The van der Waals surface area contributed by atoms with E-state index in [0.717, 1.165) is 61.7 Å². The van der Waals surface area contributed by atoms with Crippen LogP contribution in [0.15, 0.2) is 48.5 Å². The number of carbonyl (C=O) groups is 2. The Bertz CT molecular complexity index is 981. The number of benzene rings is 2. The normalized spacial score (nSPS) is 15.0. The summed E-state index contributed by atoms with van der Waals surface area (Å²) in [4.78, 5) is 32.5. The highest BCUT2D eigenvalue weighted by molar-refractivity contribution is 5.93. The van der Waals surface area contributed by atoms with E-state index >= 15 is 0 Å². The standard InChI is InChI=1S/C29H42N4O3/c1-6-22(7-2)28(34)30-24-15-16-25(26(21-24)36-5)32-17-19-33(20-18-32)27(23-13-11-10-12-14-23)29(35)31(8-3)9-4/h10-16,21-22,27H,6-9,17-20H2,1-5H3,(H,30,34). The molecule has 0 radical (unpaired) electrons. The van der Waals surface area contributed by atoms with Gasteiger partial charge >= 0.3 is 0 Å². The average molecular weight is 495 g/mol. The van der Waals surface area contributed by atoms with E-state index in [1.165, 1.54) is 0 Å². The molecule has 0 saturated carbocycles. The largest absolute Gasteiger partial charge is 0.495 e. The van der Waals surface area contributed by atoms with Gasteiger partial charge in [-0.15, -0.1) is 0 Å². The zero-order valence-electron chi connectivity index (χ0n) is 22.5. The van der Waals surface area contributed by atoms with Crippen molar-refractivity contribution in [3.05, 3.63) is 54.1 Å². The van der Waals surface area contributed by atoms with Gasteiger partial charge in [0.2, 0.25) is 11.8 Å². The second-order valence-corrected chi connectivity index (χ2v) is 9.24. The van der Waals surface area contributed by atoms with Crippen molar-refractivity contribution in [2.24, 2.45) is 5.92 Å². The Hall–Kier alpha value is -3.06. The lowest BCUT2D eigenvalue weighted by atomic mass is 10.0. The van der Waals surface area contributed by atoms with Crippen molar-refractivity contribution in [2.45, 2.75) is 46.6 Å². The number of piperazine rings is 1. The Morgan fingerprint density at radius 2 is 1.58 bits per heavy atom. The molecule has 2 aromatic carbocycles. The highest BCUT2D eigenvalue weighted by Crippen LogP contribution is 2.33. The fourth-order valence-corrected chi connectivity index (χ4v) is 4.99. The fourth-order valence-electron chi connectivity index (χ4n) is 4.99. The number of hydrogen-bond donors (Lipinski definition) is 1. The van der Waals surface area contributed by atoms with E-state index in [9.17, 15) is 9.59 Å². The molecule has 1 fully saturated rings. The number of amides is 2. The lowest BCUT2D eigenvalue weighted by Gasteiger charge is -2.41. The third-order valence-corrected chi connectivity index (χ3v) is 7.25. The minimum absolute atomic E-state index is 0.0142. The Morgan fingerprint density at radius 3 is 2.14 bits per heavy atom. The molecule has 0 bridgehead atoms. The maximum absolute atomic E-state index is 13.5. The van der Waals surface area contributed by atoms with Gasteiger partial charge in [-0.25, -0.2) is 0 Å². The summed E-state index contributed by atoms with van der Waals surface area (Å²) in [6, 6.07) is 15.7. The minimum atomic E-state index is -0.280. The van der Waals surface area contributed by atoms with Crippen molar-refractivity contribution >= 4 is 23.2 Å². The topological polar surface area (TPSA) is 65.1 Å². The van der Waals surface area contributed by atoms with Gasteiger partial charge in [0.1, 0.15) is 11.8 Å². The molecular formula is C29H42N4O3. The van der Waals surface area contributed by atoms with Gasteiger partial charge in [-0.3, -0.25) is 14.5 Å². The third kappa shape index (κ3) is 6.38. The SMILES string of the molecule is CCC(CC)C(=O)Nc1ccc(N2CCN(C(C(=O)N(CC)CC)c3ccccc3)CC2)c(OC)c1. The average Bonchev–Trinajstić information content (AvgIpc) is 2.91. The van der Waals surface area contributed by atoms with Crippen molar-refractivity contribution in [3.63, 3.8) is 0 Å². The molecule has 1 unspecified atom stereocenters. The Labute approximate surface area is 216 Å². The van der Waals surface area contributed by atoms with Crippen molar-refractivity contribution < 1.29 is 14.3 Å². The van der Waals surface area contributed by atoms with E-state index in [2.05, 4.69) is 27.2 Å². The molecule has 0 aromatic heterocycles. The molecule has 3 rings (SSSR count). The van der Waals surface area contributed by atoms with E-state index in [-0.39, 0.29) is 23.8 Å². The van der Waals surface area contributed by atoms with Gasteiger partial charge in [-0.05, 0) is 44.4 Å². The number of anilines is 2. The first-order valence-corrected chi connectivity index (χ1v) is 13.3. The number of ether oxygens (including phenoxy) is 1. The molecular weight excluding hydrogens is 452 g/mol. The van der Waals surface area contributed by atoms with Gasteiger partial charge in [0, 0.05) is 56.9 Å². The minimum Gasteiger partial charge on any atom is -0.495 e. The van der Waals surface area contributed by atoms with E-state index in [1.54, 1.807) is 7.11 Å². The molecule has 1 aliphatic heterocycles. The lowest BCUT2D eigenvalue weighted by Crippen LogP contribution is -2.51. The maximum Gasteiger partial charge on any atom is 0.244 e. The Balaban J connectivity index is 1.74. The summed E-state index contributed by atoms with van der Waals surface area (Å²) in [5.41, 5.74) is 2.79. The summed E-state index contributed by atoms with van der Waals surface area (Å²) in [6.45, 7) is 12.6. The second kappa shape index (κ2) is 13.3. The van der Waals surface area contributed by atoms with Crippen molar-refractivity contribution in [3.8, 4) is 5.75 Å². The molecule has 7 nitrogen and oxygen atoms in total. The van der Waals surface area contributed by atoms with Crippen LogP contribution in [0.25, 0.3) is 0 Å². The number of likely N-dealkylation sites (N-methyl/N-ethyl adjacent to an activating group) is 1. The van der Waals surface area contributed by atoms with Crippen LogP contribution in [0.3, 0.4) is 0 Å². The smallest absolute Gasteiger partial charge is 0.244 e. The van der Waals surface area contributed by atoms with Gasteiger partial charge in [-0.2, -0.15) is 0 Å². The summed E-state index contributed by atoms with van der Waals surface area (Å²) in [7, 11) is 1.66. The molecule has 36 heavy (non-hydrogen) atoms. The van der Waals surface area contributed by atoms with Gasteiger partial charge in [0.05, 0.1) is 12.8 Å². The predicted octanol–water partition coefficient (Wildman–Crippen LogP) is 4.80. The fraction of sp³-hybridized carbons (Fsp3) is 0.517. The van der Waals surface area contributed by atoms with E-state index < -0.39 is 0 Å². The highest BCUT2D eigenvalue weighted by Gasteiger charge is 2.33. The molecule has 1 heterocycles. The van der Waals surface area contributed by atoms with E-state index in [1.807, 2.05) is 69.0 Å². The van der Waals surface area contributed by atoms with E-state index in [4.69, 9.17) is 4.74 Å². The van der Waals surface area contributed by atoms with Crippen LogP contribution in [-0.4, -0.2) is 68.0 Å². The summed E-state index contributed by atoms with van der Waals surface area (Å²) in [5, 5.41) is 3.04. The quantitative estimate of drug-likeness (QED) is 0.486. The second-order valence-electron chi connectivity index (χ2n) is 9.24. The van der Waals surface area contributed by atoms with Gasteiger partial charge < -0.3 is 19.9 Å². The van der Waals surface area contributed by atoms with Gasteiger partial charge in [0.15, 0.2) is 0 Å². The summed E-state index contributed by atoms with van der Waals surface area (Å²) in [6.07, 6.45) is 1.64. The number of nitrogens with zero attached hydrogens (tertiary/aromatic N) is 3. The van der Waals surface area contributed by atoms with Crippen LogP contribution in [0, 0.1) is 5.92 Å². The van der Waals surface area contributed by atoms with Crippen molar-refractivity contribution in [2.75, 3.05) is 56.6 Å². The van der Waals surface area contributed by atoms with Crippen LogP contribution in [-0.2, 0) is 9.59 Å². The maximum atomic E-state index is 13.5. The molecule has 2 aromatic rings. The van der Waals surface area contributed by atoms with Crippen LogP contribution in [0.2, 0.25) is 0 Å². The molecule has 1 aliphatic rings. The van der Waals surface area contributed by atoms with Gasteiger partial charge in [-0.1, -0.05) is 44.2 Å². The first-order chi connectivity index (χ1) is 17.5. The number of rotatable bonds is 11.